The second kappa shape index (κ2) is 8.61. The van der Waals surface area contributed by atoms with Crippen LogP contribution in [0.25, 0.3) is 11.0 Å². The summed E-state index contributed by atoms with van der Waals surface area (Å²) >= 11 is 0. The molecule has 6 rings (SSSR count). The molecule has 0 bridgehead atoms. The van der Waals surface area contributed by atoms with Crippen LogP contribution in [0, 0.1) is 5.82 Å². The van der Waals surface area contributed by atoms with Crippen molar-refractivity contribution in [3.63, 3.8) is 0 Å². The molecular formula is C27H26FN3O4. The van der Waals surface area contributed by atoms with Crippen LogP contribution >= 0.6 is 0 Å². The lowest BCUT2D eigenvalue weighted by molar-refractivity contribution is -0.136. The Balaban J connectivity index is 1.15. The molecular weight excluding hydrogens is 449 g/mol. The molecule has 2 fully saturated rings. The number of likely N-dealkylation sites (tertiary alicyclic amines) is 1. The molecule has 3 amide bonds. The Morgan fingerprint density at radius 3 is 2.69 bits per heavy atom. The van der Waals surface area contributed by atoms with Crippen molar-refractivity contribution in [2.24, 2.45) is 0 Å². The van der Waals surface area contributed by atoms with Crippen molar-refractivity contribution in [3.05, 3.63) is 70.7 Å². The van der Waals surface area contributed by atoms with E-state index in [1.807, 2.05) is 24.3 Å². The van der Waals surface area contributed by atoms with Crippen molar-refractivity contribution in [2.75, 3.05) is 13.1 Å². The van der Waals surface area contributed by atoms with Gasteiger partial charge >= 0.3 is 0 Å². The van der Waals surface area contributed by atoms with Crippen molar-refractivity contribution < 1.29 is 23.2 Å². The normalized spacial score (nSPS) is 21.6. The second-order valence-corrected chi connectivity index (χ2v) is 9.74. The fourth-order valence-electron chi connectivity index (χ4n) is 5.74. The predicted octanol–water partition coefficient (Wildman–Crippen LogP) is 3.71. The molecule has 3 aromatic rings. The lowest BCUT2D eigenvalue weighted by Crippen LogP contribution is -2.52. The number of hydrogen-bond donors (Lipinski definition) is 1. The molecule has 2 saturated heterocycles. The number of hydrogen-bond acceptors (Lipinski definition) is 5. The molecule has 7 nitrogen and oxygen atoms in total. The molecule has 3 aliphatic rings. The van der Waals surface area contributed by atoms with Crippen LogP contribution in [0.15, 0.2) is 47.1 Å². The van der Waals surface area contributed by atoms with Gasteiger partial charge in [-0.2, -0.15) is 0 Å². The van der Waals surface area contributed by atoms with E-state index in [4.69, 9.17) is 4.42 Å². The van der Waals surface area contributed by atoms with Gasteiger partial charge in [-0.3, -0.25) is 24.6 Å². The number of nitrogens with one attached hydrogen (secondary N) is 1. The number of carbonyl (C=O) groups excluding carboxylic acids is 3. The largest absolute Gasteiger partial charge is 0.464 e. The number of piperidine rings is 2. The Bertz CT molecular complexity index is 1340. The van der Waals surface area contributed by atoms with Crippen LogP contribution in [-0.2, 0) is 22.7 Å². The minimum absolute atomic E-state index is 0.0794. The Hall–Kier alpha value is -3.52. The average molecular weight is 476 g/mol. The van der Waals surface area contributed by atoms with Crippen molar-refractivity contribution in [2.45, 2.75) is 50.7 Å². The van der Waals surface area contributed by atoms with Crippen molar-refractivity contribution in [1.29, 1.82) is 0 Å². The Morgan fingerprint density at radius 1 is 1.06 bits per heavy atom. The summed E-state index contributed by atoms with van der Waals surface area (Å²) in [5.41, 5.74) is 3.80. The molecule has 35 heavy (non-hydrogen) atoms. The van der Waals surface area contributed by atoms with Crippen molar-refractivity contribution in [1.82, 2.24) is 15.1 Å². The van der Waals surface area contributed by atoms with Crippen LogP contribution in [0.4, 0.5) is 4.39 Å². The summed E-state index contributed by atoms with van der Waals surface area (Å²) < 4.78 is 20.8. The highest BCUT2D eigenvalue weighted by atomic mass is 19.1. The highest BCUT2D eigenvalue weighted by molar-refractivity contribution is 6.05. The van der Waals surface area contributed by atoms with Gasteiger partial charge in [0.15, 0.2) is 0 Å². The van der Waals surface area contributed by atoms with Crippen LogP contribution < -0.4 is 5.32 Å². The standard InChI is InChI=1S/C27H26FN3O4/c28-22-13-21-19(15-31(27(21)34)23-4-5-24(32)29-26(23)33)12-20(22)16-6-9-30(10-7-16)14-18-3-1-2-17-8-11-35-25(17)18/h1-3,8,11-13,16,23H,4-7,9-10,14-15H2,(H,29,32,33). The fourth-order valence-corrected chi connectivity index (χ4v) is 5.74. The van der Waals surface area contributed by atoms with E-state index in [1.165, 1.54) is 11.0 Å². The van der Waals surface area contributed by atoms with Gasteiger partial charge < -0.3 is 9.32 Å². The number of benzene rings is 2. The monoisotopic (exact) mass is 475 g/mol. The van der Waals surface area contributed by atoms with Crippen LogP contribution in [0.1, 0.15) is 58.6 Å². The number of amides is 3. The number of furan rings is 1. The number of rotatable bonds is 4. The molecule has 0 aliphatic carbocycles. The lowest BCUT2D eigenvalue weighted by Gasteiger charge is -2.32. The van der Waals surface area contributed by atoms with Crippen LogP contribution in [0.2, 0.25) is 0 Å². The number of fused-ring (bicyclic) bond motifs is 2. The summed E-state index contributed by atoms with van der Waals surface area (Å²) in [6.07, 6.45) is 3.86. The van der Waals surface area contributed by atoms with E-state index < -0.39 is 11.9 Å². The zero-order valence-corrected chi connectivity index (χ0v) is 19.3. The fraction of sp³-hybridized carbons (Fsp3) is 0.370. The van der Waals surface area contributed by atoms with E-state index >= 15 is 4.39 Å². The van der Waals surface area contributed by atoms with Gasteiger partial charge in [0, 0.05) is 36.0 Å². The second-order valence-electron chi connectivity index (χ2n) is 9.74. The first-order chi connectivity index (χ1) is 17.0. The molecule has 0 radical (unpaired) electrons. The van der Waals surface area contributed by atoms with Crippen molar-refractivity contribution >= 4 is 28.7 Å². The first-order valence-electron chi connectivity index (χ1n) is 12.1. The summed E-state index contributed by atoms with van der Waals surface area (Å²) in [6, 6.07) is 10.6. The third-order valence-electron chi connectivity index (χ3n) is 7.62. The maximum Gasteiger partial charge on any atom is 0.255 e. The Morgan fingerprint density at radius 2 is 1.89 bits per heavy atom. The number of para-hydroxylation sites is 1. The molecule has 1 aromatic heterocycles. The Kier molecular flexibility index (Phi) is 5.40. The van der Waals surface area contributed by atoms with Crippen molar-refractivity contribution in [3.8, 4) is 0 Å². The van der Waals surface area contributed by atoms with Crippen LogP contribution in [0.5, 0.6) is 0 Å². The van der Waals surface area contributed by atoms with E-state index in [0.717, 1.165) is 54.6 Å². The predicted molar refractivity (Wildman–Crippen MR) is 126 cm³/mol. The number of nitrogens with zero attached hydrogens (tertiary/aromatic N) is 2. The molecule has 3 aliphatic heterocycles. The Labute approximate surface area is 201 Å². The van der Waals surface area contributed by atoms with E-state index in [9.17, 15) is 14.4 Å². The minimum Gasteiger partial charge on any atom is -0.464 e. The van der Waals surface area contributed by atoms with Crippen LogP contribution in [0.3, 0.4) is 0 Å². The van der Waals surface area contributed by atoms with Gasteiger partial charge in [0.1, 0.15) is 17.4 Å². The molecule has 8 heteroatoms. The van der Waals surface area contributed by atoms with E-state index in [0.29, 0.717) is 17.5 Å². The number of carbonyl (C=O) groups is 3. The average Bonchev–Trinajstić information content (AvgIpc) is 3.45. The van der Waals surface area contributed by atoms with Gasteiger partial charge in [0.2, 0.25) is 11.8 Å². The van der Waals surface area contributed by atoms with Gasteiger partial charge in [0.05, 0.1) is 6.26 Å². The van der Waals surface area contributed by atoms with Gasteiger partial charge in [-0.05, 0) is 61.5 Å². The van der Waals surface area contributed by atoms with E-state index in [1.54, 1.807) is 6.26 Å². The van der Waals surface area contributed by atoms with Crippen LogP contribution in [-0.4, -0.2) is 46.7 Å². The molecule has 180 valence electrons. The lowest BCUT2D eigenvalue weighted by atomic mass is 9.87. The SMILES string of the molecule is O=C1CCC(N2Cc3cc(C4CCN(Cc5cccc6ccoc56)CC4)c(F)cc3C2=O)C(=O)N1. The van der Waals surface area contributed by atoms with Gasteiger partial charge in [0.25, 0.3) is 5.91 Å². The quantitative estimate of drug-likeness (QED) is 0.582. The van der Waals surface area contributed by atoms with E-state index in [-0.39, 0.29) is 36.5 Å². The highest BCUT2D eigenvalue weighted by Crippen LogP contribution is 2.36. The summed E-state index contributed by atoms with van der Waals surface area (Å²) in [5, 5.41) is 3.40. The molecule has 4 heterocycles. The zero-order valence-electron chi connectivity index (χ0n) is 19.3. The topological polar surface area (TPSA) is 82.9 Å². The third kappa shape index (κ3) is 3.91. The molecule has 0 spiro atoms. The maximum absolute atomic E-state index is 15.2. The van der Waals surface area contributed by atoms with Gasteiger partial charge in [-0.1, -0.05) is 24.3 Å². The summed E-state index contributed by atoms with van der Waals surface area (Å²) in [5.74, 6) is -1.41. The first-order valence-corrected chi connectivity index (χ1v) is 12.1. The molecule has 1 unspecified atom stereocenters. The minimum atomic E-state index is -0.694. The first kappa shape index (κ1) is 22.0. The van der Waals surface area contributed by atoms with Gasteiger partial charge in [-0.25, -0.2) is 4.39 Å². The molecule has 1 atom stereocenters. The third-order valence-corrected chi connectivity index (χ3v) is 7.62. The summed E-state index contributed by atoms with van der Waals surface area (Å²) in [7, 11) is 0. The molecule has 0 saturated carbocycles. The molecule has 2 aromatic carbocycles. The highest BCUT2D eigenvalue weighted by Gasteiger charge is 2.40. The maximum atomic E-state index is 15.2. The van der Waals surface area contributed by atoms with Gasteiger partial charge in [-0.15, -0.1) is 0 Å². The number of halogens is 1. The molecule has 1 N–H and O–H groups in total. The summed E-state index contributed by atoms with van der Waals surface area (Å²) in [4.78, 5) is 40.5. The van der Waals surface area contributed by atoms with E-state index in [2.05, 4.69) is 16.3 Å². The number of imide groups is 1. The zero-order chi connectivity index (χ0) is 24.1. The summed E-state index contributed by atoms with van der Waals surface area (Å²) in [6.45, 7) is 2.75. The smallest absolute Gasteiger partial charge is 0.255 e.